The summed E-state index contributed by atoms with van der Waals surface area (Å²) in [6.45, 7) is 10.1. The highest BCUT2D eigenvalue weighted by atomic mass is 16.3. The van der Waals surface area contributed by atoms with Crippen molar-refractivity contribution in [2.45, 2.75) is 128 Å². The maximum Gasteiger partial charge on any atom is 0.252 e. The third kappa shape index (κ3) is 14.9. The fraction of sp³-hybridized carbons (Fsp3) is 0.595. The van der Waals surface area contributed by atoms with Crippen molar-refractivity contribution in [3.63, 3.8) is 0 Å². The number of rotatable bonds is 24. The van der Waals surface area contributed by atoms with Crippen LogP contribution in [0.1, 0.15) is 103 Å². The minimum absolute atomic E-state index is 0.000921. The Morgan fingerprint density at radius 2 is 1.67 bits per heavy atom. The number of pyridine rings is 1. The number of benzene rings is 1. The number of nitrogens with two attached hydrogens (primary N) is 2. The number of nitrogens with zero attached hydrogens (tertiary/aromatic N) is 2. The number of Topliss-reactive ketones (excluding diaryl/α,β-unsaturated/α-hetero) is 1. The van der Waals surface area contributed by atoms with E-state index in [1.807, 2.05) is 27.7 Å². The van der Waals surface area contributed by atoms with Crippen molar-refractivity contribution in [3.05, 3.63) is 59.9 Å². The number of hydrogen-bond donors (Lipinski definition) is 7. The van der Waals surface area contributed by atoms with Gasteiger partial charge in [0.25, 0.3) is 5.91 Å². The average molecular weight is 794 g/mol. The van der Waals surface area contributed by atoms with E-state index in [2.05, 4.69) is 26.3 Å². The summed E-state index contributed by atoms with van der Waals surface area (Å²) in [7, 11) is 0. The molecule has 0 radical (unpaired) electrons. The Hall–Kier alpha value is -4.73. The van der Waals surface area contributed by atoms with Crippen molar-refractivity contribution in [1.82, 2.24) is 31.2 Å². The lowest BCUT2D eigenvalue weighted by Crippen LogP contribution is -2.56. The molecule has 0 spiro atoms. The van der Waals surface area contributed by atoms with E-state index in [-0.39, 0.29) is 68.2 Å². The largest absolute Gasteiger partial charge is 0.508 e. The zero-order valence-corrected chi connectivity index (χ0v) is 34.0. The van der Waals surface area contributed by atoms with Crippen LogP contribution < -0.4 is 32.7 Å². The van der Waals surface area contributed by atoms with Gasteiger partial charge in [-0.25, -0.2) is 0 Å². The number of phenolic OH excluding ortho intramolecular Hbond substituents is 1. The van der Waals surface area contributed by atoms with Crippen molar-refractivity contribution in [3.8, 4) is 5.75 Å². The monoisotopic (exact) mass is 793 g/mol. The molecule has 1 aromatic carbocycles. The highest BCUT2D eigenvalue weighted by Crippen LogP contribution is 2.28. The summed E-state index contributed by atoms with van der Waals surface area (Å²) in [5, 5.41) is 21.5. The molecule has 2 heterocycles. The van der Waals surface area contributed by atoms with E-state index in [9.17, 15) is 33.9 Å². The normalized spacial score (nSPS) is 19.6. The first-order chi connectivity index (χ1) is 27.5. The lowest BCUT2D eigenvalue weighted by atomic mass is 9.87. The molecule has 0 bridgehead atoms. The Morgan fingerprint density at radius 1 is 0.965 bits per heavy atom. The number of amides is 4. The third-order valence-corrected chi connectivity index (χ3v) is 10.2. The summed E-state index contributed by atoms with van der Waals surface area (Å²) in [4.78, 5) is 85.1. The van der Waals surface area contributed by atoms with Crippen LogP contribution in [-0.4, -0.2) is 106 Å². The molecule has 1 aromatic heterocycles. The zero-order chi connectivity index (χ0) is 43.0. The number of unbranched alkanes of at least 4 members (excludes halogenated alkanes) is 1. The summed E-state index contributed by atoms with van der Waals surface area (Å²) in [5.41, 5.74) is 12.5. The number of likely N-dealkylation sites (tertiary alicyclic amines) is 1. The van der Waals surface area contributed by atoms with E-state index < -0.39 is 59.7 Å². The lowest BCUT2D eigenvalue weighted by molar-refractivity contribution is -0.140. The van der Waals surface area contributed by atoms with Crippen LogP contribution in [0.4, 0.5) is 0 Å². The van der Waals surface area contributed by atoms with Crippen molar-refractivity contribution in [2.24, 2.45) is 23.3 Å². The zero-order valence-electron chi connectivity index (χ0n) is 35.0. The molecule has 314 valence electrons. The molecule has 1 saturated heterocycles. The van der Waals surface area contributed by atoms with E-state index >= 15 is 0 Å². The Kier molecular flexibility index (Phi) is 18.0. The van der Waals surface area contributed by atoms with Crippen LogP contribution in [0.25, 0.3) is 0 Å². The molecular formula is C42H64N8O7. The fourth-order valence-electron chi connectivity index (χ4n) is 6.80. The molecule has 0 aliphatic carbocycles. The van der Waals surface area contributed by atoms with Crippen molar-refractivity contribution >= 4 is 35.7 Å². The minimum atomic E-state index is -1.27. The first-order valence-corrected chi connectivity index (χ1v) is 20.0. The Balaban J connectivity index is 1.76. The molecule has 1 aliphatic heterocycles. The SMILES string of the molecule is [2H]C1CCN(C(=O)[C@@H](N)CCC(CNC(C)C)C(=O)[C@H](CC(C)C)NC(=O)[C@H](CCCCNC(=O)c2cccnc2)NC(=O)[C@@H](N)Cc2ccc(O)cc2)[C@]1(C)C=O. The van der Waals surface area contributed by atoms with E-state index in [1.54, 1.807) is 37.4 Å². The maximum absolute atomic E-state index is 14.4. The van der Waals surface area contributed by atoms with Gasteiger partial charge >= 0.3 is 0 Å². The summed E-state index contributed by atoms with van der Waals surface area (Å²) in [5.74, 6) is -2.66. The fourth-order valence-corrected chi connectivity index (χ4v) is 6.80. The van der Waals surface area contributed by atoms with Crippen LogP contribution in [0.15, 0.2) is 48.8 Å². The first-order valence-electron chi connectivity index (χ1n) is 20.6. The number of aromatic hydroxyl groups is 1. The number of aromatic nitrogens is 1. The van der Waals surface area contributed by atoms with Crippen LogP contribution in [-0.2, 0) is 30.4 Å². The van der Waals surface area contributed by atoms with Gasteiger partial charge in [0, 0.05) is 45.4 Å². The third-order valence-electron chi connectivity index (χ3n) is 10.2. The topological polar surface area (TPSA) is 239 Å². The molecule has 2 unspecified atom stereocenters. The van der Waals surface area contributed by atoms with Crippen LogP contribution in [0.5, 0.6) is 5.75 Å². The lowest BCUT2D eigenvalue weighted by Gasteiger charge is -2.32. The second-order valence-electron chi connectivity index (χ2n) is 15.9. The van der Waals surface area contributed by atoms with Crippen LogP contribution in [0, 0.1) is 11.8 Å². The molecule has 4 amide bonds. The van der Waals surface area contributed by atoms with E-state index in [0.29, 0.717) is 44.1 Å². The highest BCUT2D eigenvalue weighted by molar-refractivity contribution is 5.95. The Bertz CT molecular complexity index is 1660. The van der Waals surface area contributed by atoms with Gasteiger partial charge in [0.05, 0.1) is 29.2 Å². The standard InChI is InChI=1S/C42H64N8O7/c1-27(2)22-36(37(53)30(25-47-28(3)4)14-17-33(43)41(57)50-21-9-18-42(50,5)26-51)49-40(56)35(11-6-7-20-46-38(54)31-10-8-19-45-24-31)48-39(55)34(44)23-29-12-15-32(52)16-13-29/h8,10,12-13,15-16,19,24,26-28,30,33-36,47,52H,6-7,9,11,14,17-18,20-23,25,43-44H2,1-5H3,(H,46,54)(H,48,55)(H,49,56)/t30?,33-,34-,35-,36-,42-/m0/s1/i18D/t18?,30?,33-,34-,35-,36-,42-. The molecule has 7 atom stereocenters. The van der Waals surface area contributed by atoms with Gasteiger partial charge in [-0.1, -0.05) is 39.8 Å². The number of phenols is 1. The molecule has 15 heteroatoms. The van der Waals surface area contributed by atoms with Gasteiger partial charge in [-0.3, -0.25) is 29.0 Å². The second-order valence-corrected chi connectivity index (χ2v) is 15.9. The van der Waals surface area contributed by atoms with E-state index in [0.717, 1.165) is 5.56 Å². The smallest absolute Gasteiger partial charge is 0.252 e. The Morgan fingerprint density at radius 3 is 2.30 bits per heavy atom. The summed E-state index contributed by atoms with van der Waals surface area (Å²) in [6.07, 6.45) is 5.22. The average Bonchev–Trinajstić information content (AvgIpc) is 3.50. The van der Waals surface area contributed by atoms with Gasteiger partial charge in [-0.05, 0) is 100 Å². The van der Waals surface area contributed by atoms with Gasteiger partial charge in [-0.15, -0.1) is 0 Å². The van der Waals surface area contributed by atoms with Gasteiger partial charge in [0.15, 0.2) is 5.78 Å². The number of aldehydes is 1. The maximum atomic E-state index is 14.4. The highest BCUT2D eigenvalue weighted by Gasteiger charge is 2.41. The summed E-state index contributed by atoms with van der Waals surface area (Å²) < 4.78 is 8.26. The van der Waals surface area contributed by atoms with Crippen molar-refractivity contribution in [2.75, 3.05) is 19.6 Å². The summed E-state index contributed by atoms with van der Waals surface area (Å²) in [6, 6.07) is 5.66. The number of carbonyl (C=O) groups excluding carboxylic acids is 6. The molecule has 9 N–H and O–H groups in total. The van der Waals surface area contributed by atoms with Crippen molar-refractivity contribution in [1.29, 1.82) is 0 Å². The first kappa shape index (κ1) is 45.0. The van der Waals surface area contributed by atoms with Gasteiger partial charge in [0.2, 0.25) is 17.7 Å². The molecule has 0 saturated carbocycles. The van der Waals surface area contributed by atoms with E-state index in [1.165, 1.54) is 23.2 Å². The minimum Gasteiger partial charge on any atom is -0.508 e. The molecule has 1 fully saturated rings. The summed E-state index contributed by atoms with van der Waals surface area (Å²) >= 11 is 0. The van der Waals surface area contributed by atoms with E-state index in [4.69, 9.17) is 12.8 Å². The van der Waals surface area contributed by atoms with Gasteiger partial charge in [-0.2, -0.15) is 0 Å². The number of hydrogen-bond acceptors (Lipinski definition) is 11. The van der Waals surface area contributed by atoms with Crippen LogP contribution >= 0.6 is 0 Å². The quantitative estimate of drug-likeness (QED) is 0.0601. The number of ketones is 1. The second kappa shape index (κ2) is 22.9. The molecule has 2 aromatic rings. The van der Waals surface area contributed by atoms with Crippen LogP contribution in [0.2, 0.25) is 0 Å². The van der Waals surface area contributed by atoms with Gasteiger partial charge < -0.3 is 47.5 Å². The van der Waals surface area contributed by atoms with Gasteiger partial charge in [0.1, 0.15) is 18.1 Å². The Labute approximate surface area is 338 Å². The number of carbonyl (C=O) groups is 6. The van der Waals surface area contributed by atoms with Crippen LogP contribution in [0.3, 0.4) is 0 Å². The number of nitrogens with one attached hydrogen (secondary N) is 4. The molecule has 57 heavy (non-hydrogen) atoms. The van der Waals surface area contributed by atoms with Crippen molar-refractivity contribution < 1.29 is 35.2 Å². The molecule has 15 nitrogen and oxygen atoms in total. The predicted molar refractivity (Wildman–Crippen MR) is 218 cm³/mol. The molecule has 1 aliphatic rings. The predicted octanol–water partition coefficient (Wildman–Crippen LogP) is 2.14. The molecular weight excluding hydrogens is 729 g/mol. The molecule has 3 rings (SSSR count).